The van der Waals surface area contributed by atoms with E-state index < -0.39 is 22.6 Å². The molecule has 0 unspecified atom stereocenters. The molecule has 2 amide bonds. The first kappa shape index (κ1) is 15.0. The summed E-state index contributed by atoms with van der Waals surface area (Å²) in [6.07, 6.45) is 1.42. The van der Waals surface area contributed by atoms with Crippen LogP contribution in [0.5, 0.6) is 0 Å². The summed E-state index contributed by atoms with van der Waals surface area (Å²) in [4.78, 5) is 17.8. The van der Waals surface area contributed by atoms with Crippen LogP contribution in [0.2, 0.25) is 0 Å². The predicted octanol–water partition coefficient (Wildman–Crippen LogP) is 2.18. The number of aromatic nitrogens is 1. The molecule has 1 aliphatic rings. The fraction of sp³-hybridized carbons (Fsp3) is 0.133. The quantitative estimate of drug-likeness (QED) is 0.788. The van der Waals surface area contributed by atoms with Crippen LogP contribution in [0.25, 0.3) is 0 Å². The van der Waals surface area contributed by atoms with Gasteiger partial charge in [-0.3, -0.25) is 0 Å². The molecular formula is C15H12N4O3S. The molecule has 2 heterocycles. The largest absolute Gasteiger partial charge is 0.345 e. The first-order chi connectivity index (χ1) is 11.0. The molecule has 0 bridgehead atoms. The number of hydrogen-bond donors (Lipinski definition) is 0. The van der Waals surface area contributed by atoms with Crippen LogP contribution >= 0.6 is 0 Å². The number of pyridine rings is 1. The summed E-state index contributed by atoms with van der Waals surface area (Å²) in [5.74, 6) is 0.0375. The second-order valence-corrected chi connectivity index (χ2v) is 6.78. The molecule has 1 aromatic carbocycles. The monoisotopic (exact) mass is 328 g/mol. The van der Waals surface area contributed by atoms with Gasteiger partial charge in [0.15, 0.2) is 5.82 Å². The van der Waals surface area contributed by atoms with Gasteiger partial charge in [0.1, 0.15) is 11.4 Å². The SMILES string of the molecule is Cc1ccc(N2C(=O)N(CC#N)S(=O)(=O)c3cccnc32)cc1. The number of hydrogen-bond acceptors (Lipinski definition) is 5. The van der Waals surface area contributed by atoms with Crippen molar-refractivity contribution in [2.45, 2.75) is 11.8 Å². The van der Waals surface area contributed by atoms with E-state index in [-0.39, 0.29) is 10.7 Å². The van der Waals surface area contributed by atoms with E-state index in [9.17, 15) is 13.2 Å². The molecule has 0 atom stereocenters. The number of carbonyl (C=O) groups excluding carboxylic acids is 1. The van der Waals surface area contributed by atoms with Crippen LogP contribution in [0.4, 0.5) is 16.3 Å². The van der Waals surface area contributed by atoms with E-state index >= 15 is 0 Å². The van der Waals surface area contributed by atoms with Crippen LogP contribution < -0.4 is 4.90 Å². The van der Waals surface area contributed by atoms with Gasteiger partial charge in [-0.25, -0.2) is 27.4 Å². The summed E-state index contributed by atoms with van der Waals surface area (Å²) in [5.41, 5.74) is 1.49. The molecule has 3 rings (SSSR count). The molecule has 0 fully saturated rings. The third-order valence-electron chi connectivity index (χ3n) is 3.44. The van der Waals surface area contributed by atoms with Crippen molar-refractivity contribution in [1.29, 1.82) is 5.26 Å². The van der Waals surface area contributed by atoms with Crippen LogP contribution in [0.15, 0.2) is 47.5 Å². The lowest BCUT2D eigenvalue weighted by molar-refractivity contribution is 0.233. The number of fused-ring (bicyclic) bond motifs is 1. The molecule has 2 aromatic rings. The van der Waals surface area contributed by atoms with Gasteiger partial charge in [-0.05, 0) is 31.2 Å². The van der Waals surface area contributed by atoms with Crippen molar-refractivity contribution in [1.82, 2.24) is 9.29 Å². The molecule has 0 saturated heterocycles. The van der Waals surface area contributed by atoms with Gasteiger partial charge in [0.25, 0.3) is 10.0 Å². The third kappa shape index (κ3) is 2.31. The molecule has 0 radical (unpaired) electrons. The van der Waals surface area contributed by atoms with Crippen LogP contribution in [-0.4, -0.2) is 30.3 Å². The number of rotatable bonds is 2. The van der Waals surface area contributed by atoms with E-state index in [4.69, 9.17) is 5.26 Å². The summed E-state index contributed by atoms with van der Waals surface area (Å²) >= 11 is 0. The highest BCUT2D eigenvalue weighted by Crippen LogP contribution is 2.37. The van der Waals surface area contributed by atoms with E-state index in [0.29, 0.717) is 9.99 Å². The Bertz CT molecular complexity index is 916. The minimum absolute atomic E-state index is 0.0375. The molecule has 1 aromatic heterocycles. The van der Waals surface area contributed by atoms with Crippen molar-refractivity contribution in [2.24, 2.45) is 0 Å². The lowest BCUT2D eigenvalue weighted by Crippen LogP contribution is -2.49. The zero-order valence-corrected chi connectivity index (χ0v) is 13.0. The van der Waals surface area contributed by atoms with Crippen molar-refractivity contribution in [3.8, 4) is 6.07 Å². The minimum atomic E-state index is -4.09. The summed E-state index contributed by atoms with van der Waals surface area (Å²) in [7, 11) is -4.09. The van der Waals surface area contributed by atoms with E-state index in [2.05, 4.69) is 4.98 Å². The maximum atomic E-state index is 12.7. The topological polar surface area (TPSA) is 94.4 Å². The predicted molar refractivity (Wildman–Crippen MR) is 82.5 cm³/mol. The smallest absolute Gasteiger partial charge is 0.246 e. The van der Waals surface area contributed by atoms with Crippen molar-refractivity contribution in [3.05, 3.63) is 48.2 Å². The van der Waals surface area contributed by atoms with Gasteiger partial charge in [-0.2, -0.15) is 5.26 Å². The average molecular weight is 328 g/mol. The van der Waals surface area contributed by atoms with Crippen molar-refractivity contribution in [3.63, 3.8) is 0 Å². The fourth-order valence-corrected chi connectivity index (χ4v) is 3.70. The van der Waals surface area contributed by atoms with Crippen LogP contribution in [0, 0.1) is 18.3 Å². The van der Waals surface area contributed by atoms with Gasteiger partial charge in [-0.15, -0.1) is 0 Å². The summed E-state index contributed by atoms with van der Waals surface area (Å²) < 4.78 is 25.6. The first-order valence-electron chi connectivity index (χ1n) is 6.72. The lowest BCUT2D eigenvalue weighted by Gasteiger charge is -2.34. The standard InChI is InChI=1S/C15H12N4O3S/c1-11-4-6-12(7-5-11)19-14-13(3-2-9-17-14)23(21,22)18(10-8-16)15(19)20/h2-7,9H,10H2,1H3. The molecule has 0 saturated carbocycles. The number of carbonyl (C=O) groups is 1. The third-order valence-corrected chi connectivity index (χ3v) is 5.18. The number of benzene rings is 1. The Labute approximate surface area is 133 Å². The number of anilines is 2. The molecule has 7 nitrogen and oxygen atoms in total. The number of amides is 2. The maximum absolute atomic E-state index is 12.7. The summed E-state index contributed by atoms with van der Waals surface area (Å²) in [6, 6.07) is 10.8. The van der Waals surface area contributed by atoms with Crippen LogP contribution in [-0.2, 0) is 10.0 Å². The second-order valence-electron chi connectivity index (χ2n) is 4.95. The Kier molecular flexibility index (Phi) is 3.50. The molecule has 0 spiro atoms. The van der Waals surface area contributed by atoms with E-state index in [1.54, 1.807) is 18.2 Å². The maximum Gasteiger partial charge on any atom is 0.345 e. The molecule has 23 heavy (non-hydrogen) atoms. The van der Waals surface area contributed by atoms with Crippen LogP contribution in [0.1, 0.15) is 5.56 Å². The molecular weight excluding hydrogens is 316 g/mol. The van der Waals surface area contributed by atoms with E-state index in [1.807, 2.05) is 19.1 Å². The number of urea groups is 1. The van der Waals surface area contributed by atoms with E-state index in [0.717, 1.165) is 5.56 Å². The Morgan fingerprint density at radius 2 is 1.91 bits per heavy atom. The average Bonchev–Trinajstić information content (AvgIpc) is 2.54. The number of sulfonamides is 1. The molecule has 1 aliphatic heterocycles. The van der Waals surface area contributed by atoms with Gasteiger partial charge in [0, 0.05) is 6.20 Å². The second kappa shape index (κ2) is 5.37. The Morgan fingerprint density at radius 1 is 1.22 bits per heavy atom. The number of nitriles is 1. The van der Waals surface area contributed by atoms with Crippen molar-refractivity contribution >= 4 is 27.6 Å². The van der Waals surface area contributed by atoms with Crippen molar-refractivity contribution in [2.75, 3.05) is 11.4 Å². The fourth-order valence-electron chi connectivity index (χ4n) is 2.32. The van der Waals surface area contributed by atoms with Gasteiger partial charge < -0.3 is 0 Å². The normalized spacial score (nSPS) is 15.9. The molecule has 0 N–H and O–H groups in total. The van der Waals surface area contributed by atoms with E-state index in [1.165, 1.54) is 23.2 Å². The molecule has 0 aliphatic carbocycles. The number of nitrogens with zero attached hydrogens (tertiary/aromatic N) is 4. The highest BCUT2D eigenvalue weighted by atomic mass is 32.2. The van der Waals surface area contributed by atoms with Gasteiger partial charge in [0.05, 0.1) is 11.8 Å². The Balaban J connectivity index is 2.25. The first-order valence-corrected chi connectivity index (χ1v) is 8.16. The van der Waals surface area contributed by atoms with Crippen molar-refractivity contribution < 1.29 is 13.2 Å². The summed E-state index contributed by atoms with van der Waals surface area (Å²) in [6.45, 7) is 1.35. The summed E-state index contributed by atoms with van der Waals surface area (Å²) in [5, 5.41) is 8.87. The highest BCUT2D eigenvalue weighted by Gasteiger charge is 2.42. The van der Waals surface area contributed by atoms with Gasteiger partial charge in [0.2, 0.25) is 0 Å². The van der Waals surface area contributed by atoms with Gasteiger partial charge in [-0.1, -0.05) is 17.7 Å². The van der Waals surface area contributed by atoms with Gasteiger partial charge >= 0.3 is 6.03 Å². The number of aryl methyl sites for hydroxylation is 1. The molecule has 116 valence electrons. The molecule has 8 heteroatoms. The Morgan fingerprint density at radius 3 is 2.57 bits per heavy atom. The zero-order chi connectivity index (χ0) is 16.6. The minimum Gasteiger partial charge on any atom is -0.246 e. The zero-order valence-electron chi connectivity index (χ0n) is 12.2. The Hall–Kier alpha value is -2.92. The van der Waals surface area contributed by atoms with Crippen LogP contribution in [0.3, 0.4) is 0 Å². The lowest BCUT2D eigenvalue weighted by atomic mass is 10.2. The highest BCUT2D eigenvalue weighted by molar-refractivity contribution is 7.90.